The maximum absolute atomic E-state index is 10.8. The van der Waals surface area contributed by atoms with Crippen molar-refractivity contribution in [2.24, 2.45) is 0 Å². The van der Waals surface area contributed by atoms with E-state index in [1.165, 1.54) is 0 Å². The van der Waals surface area contributed by atoms with Crippen molar-refractivity contribution in [3.8, 4) is 0 Å². The number of ether oxygens (including phenoxy) is 4. The number of esters is 4. The first-order chi connectivity index (χ1) is 22.3. The summed E-state index contributed by atoms with van der Waals surface area (Å²) < 4.78 is 17.0. The molecule has 50 heavy (non-hydrogen) atoms. The number of cyclic esters (lactones) is 4. The number of rotatable bonds is 8. The van der Waals surface area contributed by atoms with E-state index in [0.717, 1.165) is 0 Å². The second-order valence-corrected chi connectivity index (χ2v) is 9.15. The van der Waals surface area contributed by atoms with Crippen LogP contribution in [0.15, 0.2) is 46.1 Å². The van der Waals surface area contributed by atoms with Crippen molar-refractivity contribution in [2.45, 2.75) is 48.8 Å². The van der Waals surface area contributed by atoms with Crippen LogP contribution in [-0.2, 0) is 38.1 Å². The van der Waals surface area contributed by atoms with Gasteiger partial charge in [0.15, 0.2) is 23.0 Å². The largest absolute Gasteiger partial charge is 2.00 e. The van der Waals surface area contributed by atoms with Gasteiger partial charge >= 0.3 is 92.4 Å². The van der Waals surface area contributed by atoms with Crippen molar-refractivity contribution in [1.29, 1.82) is 0 Å². The van der Waals surface area contributed by atoms with Crippen LogP contribution in [0, 0.1) is 0 Å². The molecule has 4 heterocycles. The summed E-state index contributed by atoms with van der Waals surface area (Å²) in [5.74, 6) is -12.8. The summed E-state index contributed by atoms with van der Waals surface area (Å²) in [6.07, 6.45) is -11.8. The zero-order chi connectivity index (χ0) is 37.2. The number of hydrogen-bond acceptors (Lipinski definition) is 24. The van der Waals surface area contributed by atoms with E-state index in [4.69, 9.17) is 61.3 Å². The maximum atomic E-state index is 10.8. The minimum absolute atomic E-state index is 0. The van der Waals surface area contributed by atoms with Gasteiger partial charge in [-0.15, -0.1) is 0 Å². The average molecular weight is 812 g/mol. The molecule has 0 aromatic rings. The summed E-state index contributed by atoms with van der Waals surface area (Å²) in [7, 11) is 0. The van der Waals surface area contributed by atoms with Gasteiger partial charge in [0.1, 0.15) is 48.8 Å². The molecular formula is C24H28MgO24Sr. The van der Waals surface area contributed by atoms with Gasteiger partial charge in [-0.1, -0.05) is 0 Å². The van der Waals surface area contributed by atoms with Crippen molar-refractivity contribution in [1.82, 2.24) is 0 Å². The fraction of sp³-hybridized carbons (Fsp3) is 0.500. The summed E-state index contributed by atoms with van der Waals surface area (Å²) in [6.45, 7) is -2.85. The minimum Gasteiger partial charge on any atom is -0.870 e. The van der Waals surface area contributed by atoms with Gasteiger partial charge in [0.2, 0.25) is 0 Å². The molecule has 0 amide bonds. The predicted molar refractivity (Wildman–Crippen MR) is 142 cm³/mol. The van der Waals surface area contributed by atoms with Crippen molar-refractivity contribution in [3.05, 3.63) is 46.1 Å². The summed E-state index contributed by atoms with van der Waals surface area (Å²) in [5, 5.41) is 147. The molecule has 0 saturated heterocycles. The van der Waals surface area contributed by atoms with E-state index in [9.17, 15) is 39.6 Å². The average Bonchev–Trinajstić information content (AvgIpc) is 3.70. The number of carbonyl (C=O) groups is 4. The third-order valence-electron chi connectivity index (χ3n) is 5.82. The van der Waals surface area contributed by atoms with Crippen LogP contribution in [0.3, 0.4) is 0 Å². The molecular weight excluding hydrogens is 784 g/mol. The van der Waals surface area contributed by atoms with Crippen LogP contribution in [0.4, 0.5) is 0 Å². The molecule has 4 aliphatic heterocycles. The van der Waals surface area contributed by atoms with Crippen LogP contribution in [0.1, 0.15) is 0 Å². The summed E-state index contributed by atoms with van der Waals surface area (Å²) in [4.78, 5) is 42.0. The second-order valence-electron chi connectivity index (χ2n) is 9.15. The molecule has 0 saturated carbocycles. The SMILES string of the molecule is O=C1O[C@H]([C@@H](O)CO)C([O-])=C1O.O=C1O[C@H]([C@@H](O)CO)C([O-])=C1O.O=C1O[C@H]([C@@H](O)CO)C([O-])=C1O.O=C1O[C@H]([C@@H](O)CO)C([O-])=C1O.[Mg+2].[Sr+2]. The molecule has 26 heteroatoms. The Hall–Kier alpha value is -2.83. The number of aliphatic hydroxyl groups excluding tert-OH is 12. The number of aliphatic hydroxyl groups is 12. The standard InChI is InChI=1S/4C6H8O6.Mg.Sr/c4*7-1-2(8)5-3(9)4(10)6(11)12-5;;/h4*2,5,7-10H,1H2;;/q;;;;2*+2/p-4/t4*2-,5+;;/m0000../s1. The van der Waals surface area contributed by atoms with Crippen LogP contribution in [0.2, 0.25) is 0 Å². The Bertz CT molecular complexity index is 1140. The molecule has 0 aromatic carbocycles. The molecule has 24 nitrogen and oxygen atoms in total. The fourth-order valence-corrected chi connectivity index (χ4v) is 3.24. The minimum atomic E-state index is -1.48. The summed E-state index contributed by atoms with van der Waals surface area (Å²) in [6, 6.07) is 0. The summed E-state index contributed by atoms with van der Waals surface area (Å²) in [5.41, 5.74) is 0. The van der Waals surface area contributed by atoms with E-state index in [-0.39, 0.29) is 68.5 Å². The van der Waals surface area contributed by atoms with Gasteiger partial charge in [-0.3, -0.25) is 0 Å². The predicted octanol–water partition coefficient (Wildman–Crippen LogP) is -11.2. The van der Waals surface area contributed by atoms with Crippen molar-refractivity contribution >= 4 is 92.4 Å². The molecule has 4 rings (SSSR count). The van der Waals surface area contributed by atoms with Crippen LogP contribution in [-0.4, -0.2) is 229 Å². The Morgan fingerprint density at radius 1 is 0.440 bits per heavy atom. The van der Waals surface area contributed by atoms with Crippen molar-refractivity contribution in [2.75, 3.05) is 26.4 Å². The molecule has 8 atom stereocenters. The Balaban J connectivity index is 0. The number of carbonyl (C=O) groups excluding carboxylic acids is 4. The molecule has 0 unspecified atom stereocenters. The van der Waals surface area contributed by atoms with Gasteiger partial charge in [-0.25, -0.2) is 19.2 Å². The quantitative estimate of drug-likeness (QED) is 0.0615. The molecule has 4 aliphatic rings. The Morgan fingerprint density at radius 2 is 0.580 bits per heavy atom. The van der Waals surface area contributed by atoms with E-state index >= 15 is 0 Å². The molecule has 12 N–H and O–H groups in total. The molecule has 0 aliphatic carbocycles. The first-order valence-electron chi connectivity index (χ1n) is 12.7. The van der Waals surface area contributed by atoms with Gasteiger partial charge in [-0.2, -0.15) is 0 Å². The normalized spacial score (nSPS) is 24.8. The van der Waals surface area contributed by atoms with E-state index in [1.807, 2.05) is 0 Å². The Morgan fingerprint density at radius 3 is 0.660 bits per heavy atom. The fourth-order valence-electron chi connectivity index (χ4n) is 3.24. The molecule has 0 aromatic heterocycles. The number of hydrogen-bond donors (Lipinski definition) is 12. The molecule has 0 radical (unpaired) electrons. The van der Waals surface area contributed by atoms with Crippen LogP contribution >= 0.6 is 0 Å². The smallest absolute Gasteiger partial charge is 0.870 e. The van der Waals surface area contributed by atoms with Gasteiger partial charge in [0, 0.05) is 0 Å². The molecule has 0 spiro atoms. The summed E-state index contributed by atoms with van der Waals surface area (Å²) >= 11 is 0. The van der Waals surface area contributed by atoms with Gasteiger partial charge in [-0.05, 0) is 23.0 Å². The topological polar surface area (TPSA) is 440 Å². The maximum Gasteiger partial charge on any atom is 2.00 e. The third-order valence-corrected chi connectivity index (χ3v) is 5.82. The molecule has 0 fully saturated rings. The van der Waals surface area contributed by atoms with Crippen LogP contribution < -0.4 is 20.4 Å². The molecule has 0 bridgehead atoms. The van der Waals surface area contributed by atoms with Crippen LogP contribution in [0.5, 0.6) is 0 Å². The monoisotopic (exact) mass is 812 g/mol. The van der Waals surface area contributed by atoms with E-state index in [2.05, 4.69) is 18.9 Å². The first kappa shape index (κ1) is 49.3. The second kappa shape index (κ2) is 22.2. The Kier molecular flexibility index (Phi) is 21.9. The van der Waals surface area contributed by atoms with Gasteiger partial charge in [0.05, 0.1) is 26.4 Å². The van der Waals surface area contributed by atoms with Crippen molar-refractivity contribution in [3.63, 3.8) is 0 Å². The zero-order valence-electron chi connectivity index (χ0n) is 25.1. The van der Waals surface area contributed by atoms with E-state index in [1.54, 1.807) is 0 Å². The molecule has 272 valence electrons. The Labute approximate surface area is 331 Å². The zero-order valence-corrected chi connectivity index (χ0v) is 30.0. The van der Waals surface area contributed by atoms with E-state index in [0.29, 0.717) is 0 Å². The van der Waals surface area contributed by atoms with Gasteiger partial charge < -0.3 is 101 Å². The van der Waals surface area contributed by atoms with Crippen LogP contribution in [0.25, 0.3) is 0 Å². The van der Waals surface area contributed by atoms with Crippen molar-refractivity contribution < 1.29 is 120 Å². The third kappa shape index (κ3) is 12.1. The first-order valence-corrected chi connectivity index (χ1v) is 12.7. The van der Waals surface area contributed by atoms with Gasteiger partial charge in [0.25, 0.3) is 0 Å². The van der Waals surface area contributed by atoms with E-state index < -0.39 is 145 Å².